The first-order chi connectivity index (χ1) is 15.4. The lowest BCUT2D eigenvalue weighted by atomic mass is 9.75. The van der Waals surface area contributed by atoms with E-state index in [1.165, 1.54) is 11.8 Å². The Hall–Kier alpha value is -2.31. The topological polar surface area (TPSA) is 72.2 Å². The summed E-state index contributed by atoms with van der Waals surface area (Å²) in [6.07, 6.45) is 10.5. The average molecular weight is 469 g/mol. The first-order valence-electron chi connectivity index (χ1n) is 11.3. The lowest BCUT2D eigenvalue weighted by Crippen LogP contribution is -2.57. The van der Waals surface area contributed by atoms with Gasteiger partial charge in [-0.05, 0) is 88.4 Å². The molecule has 1 fully saturated rings. The van der Waals surface area contributed by atoms with Crippen LogP contribution < -0.4 is 10.1 Å². The van der Waals surface area contributed by atoms with E-state index in [2.05, 4.69) is 39.6 Å². The summed E-state index contributed by atoms with van der Waals surface area (Å²) in [5, 5.41) is 21.8. The first-order valence-corrected chi connectivity index (χ1v) is 12.2. The zero-order valence-corrected chi connectivity index (χ0v) is 22.0. The molecule has 1 aromatic rings. The van der Waals surface area contributed by atoms with Gasteiger partial charge >= 0.3 is 0 Å². The number of nitrogens with one attached hydrogen (secondary N) is 3. The third kappa shape index (κ3) is 8.20. The Balaban J connectivity index is 2.15. The van der Waals surface area contributed by atoms with E-state index in [1.807, 2.05) is 55.5 Å². The van der Waals surface area contributed by atoms with Gasteiger partial charge in [0.15, 0.2) is 0 Å². The summed E-state index contributed by atoms with van der Waals surface area (Å²) in [6.45, 7) is 12.7. The highest BCUT2D eigenvalue weighted by Crippen LogP contribution is 2.36. The second-order valence-corrected chi connectivity index (χ2v) is 11.4. The highest BCUT2D eigenvalue weighted by Gasteiger charge is 2.37. The predicted octanol–water partition coefficient (Wildman–Crippen LogP) is 6.32. The van der Waals surface area contributed by atoms with E-state index >= 15 is 0 Å². The zero-order chi connectivity index (χ0) is 24.8. The largest absolute Gasteiger partial charge is 0.496 e. The number of thioether (sulfide) groups is 1. The molecule has 1 aromatic carbocycles. The van der Waals surface area contributed by atoms with Crippen LogP contribution in [0.5, 0.6) is 5.75 Å². The maximum Gasteiger partial charge on any atom is 0.129 e. The van der Waals surface area contributed by atoms with Gasteiger partial charge in [-0.25, -0.2) is 0 Å². The molecule has 0 bridgehead atoms. The summed E-state index contributed by atoms with van der Waals surface area (Å²) < 4.78 is 5.63. The third-order valence-corrected chi connectivity index (χ3v) is 6.44. The molecule has 0 atom stereocenters. The molecule has 0 aliphatic carbocycles. The number of hydrogen-bond donors (Lipinski definition) is 3. The van der Waals surface area contributed by atoms with Crippen molar-refractivity contribution in [3.05, 3.63) is 60.3 Å². The van der Waals surface area contributed by atoms with E-state index in [1.54, 1.807) is 13.2 Å². The van der Waals surface area contributed by atoms with Crippen LogP contribution in [0, 0.1) is 16.7 Å². The minimum absolute atomic E-state index is 0.0572. The smallest absolute Gasteiger partial charge is 0.129 e. The van der Waals surface area contributed by atoms with Crippen molar-refractivity contribution < 1.29 is 4.74 Å². The highest BCUT2D eigenvalue weighted by atomic mass is 32.2. The fourth-order valence-electron chi connectivity index (χ4n) is 4.82. The molecule has 1 aliphatic heterocycles. The van der Waals surface area contributed by atoms with Crippen molar-refractivity contribution in [3.63, 3.8) is 0 Å². The molecule has 1 aliphatic rings. The SMILES string of the molecule is C=C/C=C(\C=C/N(C)C)c1ccc(C(=N)SC(=N)CC2CC(C)(C)NC(C)(C)C2)c(OC)c1. The van der Waals surface area contributed by atoms with Gasteiger partial charge in [0.25, 0.3) is 0 Å². The van der Waals surface area contributed by atoms with Crippen LogP contribution in [0.4, 0.5) is 0 Å². The maximum absolute atomic E-state index is 8.65. The van der Waals surface area contributed by atoms with Gasteiger partial charge in [-0.15, -0.1) is 0 Å². The van der Waals surface area contributed by atoms with Crippen LogP contribution in [0.2, 0.25) is 0 Å². The van der Waals surface area contributed by atoms with Gasteiger partial charge in [0.2, 0.25) is 0 Å². The van der Waals surface area contributed by atoms with E-state index in [4.69, 9.17) is 15.6 Å². The summed E-state index contributed by atoms with van der Waals surface area (Å²) in [4.78, 5) is 1.98. The molecule has 2 rings (SSSR count). The van der Waals surface area contributed by atoms with E-state index in [-0.39, 0.29) is 11.1 Å². The molecule has 3 N–H and O–H groups in total. The quantitative estimate of drug-likeness (QED) is 0.237. The molecule has 1 saturated heterocycles. The number of hydrogen-bond acceptors (Lipinski definition) is 6. The lowest BCUT2D eigenvalue weighted by molar-refractivity contribution is 0.132. The van der Waals surface area contributed by atoms with Crippen molar-refractivity contribution in [2.24, 2.45) is 5.92 Å². The fourth-order valence-corrected chi connectivity index (χ4v) is 5.67. The Kier molecular flexibility index (Phi) is 9.15. The molecule has 0 radical (unpaired) electrons. The van der Waals surface area contributed by atoms with Crippen molar-refractivity contribution in [2.75, 3.05) is 21.2 Å². The van der Waals surface area contributed by atoms with Gasteiger partial charge in [-0.1, -0.05) is 36.6 Å². The Morgan fingerprint density at radius 3 is 2.39 bits per heavy atom. The van der Waals surface area contributed by atoms with Gasteiger partial charge in [0.1, 0.15) is 10.8 Å². The van der Waals surface area contributed by atoms with Gasteiger partial charge in [0.05, 0.1) is 12.2 Å². The molecule has 0 unspecified atom stereocenters. The van der Waals surface area contributed by atoms with E-state index < -0.39 is 0 Å². The molecule has 1 heterocycles. The van der Waals surface area contributed by atoms with Crippen molar-refractivity contribution >= 4 is 27.4 Å². The third-order valence-electron chi connectivity index (χ3n) is 5.60. The Labute approximate surface area is 204 Å². The van der Waals surface area contributed by atoms with Crippen LogP contribution in [0.25, 0.3) is 5.57 Å². The normalized spacial score (nSPS) is 18.2. The van der Waals surface area contributed by atoms with Crippen LogP contribution in [-0.2, 0) is 0 Å². The number of benzene rings is 1. The maximum atomic E-state index is 8.65. The number of nitrogens with zero attached hydrogens (tertiary/aromatic N) is 1. The van der Waals surface area contributed by atoms with Crippen molar-refractivity contribution in [1.29, 1.82) is 10.8 Å². The summed E-state index contributed by atoms with van der Waals surface area (Å²) in [5.41, 5.74) is 2.81. The molecule has 0 amide bonds. The predicted molar refractivity (Wildman–Crippen MR) is 145 cm³/mol. The van der Waals surface area contributed by atoms with Crippen LogP contribution in [0.1, 0.15) is 58.1 Å². The lowest BCUT2D eigenvalue weighted by Gasteiger charge is -2.46. The number of methoxy groups -OCH3 is 1. The molecule has 0 aromatic heterocycles. The fraction of sp³-hybridized carbons (Fsp3) is 0.481. The van der Waals surface area contributed by atoms with Gasteiger partial charge in [-0.3, -0.25) is 10.8 Å². The number of piperidine rings is 1. The first kappa shape index (κ1) is 26.9. The molecule has 5 nitrogen and oxygen atoms in total. The van der Waals surface area contributed by atoms with E-state index in [0.717, 1.165) is 24.0 Å². The second kappa shape index (κ2) is 11.2. The molecule has 0 saturated carbocycles. The summed E-state index contributed by atoms with van der Waals surface area (Å²) >= 11 is 1.23. The van der Waals surface area contributed by atoms with Crippen LogP contribution >= 0.6 is 11.8 Å². The Bertz CT molecular complexity index is 927. The van der Waals surface area contributed by atoms with Crippen molar-refractivity contribution in [1.82, 2.24) is 10.2 Å². The molecule has 0 spiro atoms. The minimum atomic E-state index is 0.0572. The van der Waals surface area contributed by atoms with Crippen molar-refractivity contribution in [3.8, 4) is 5.75 Å². The second-order valence-electron chi connectivity index (χ2n) is 10.3. The monoisotopic (exact) mass is 468 g/mol. The molecular weight excluding hydrogens is 428 g/mol. The molecule has 33 heavy (non-hydrogen) atoms. The minimum Gasteiger partial charge on any atom is -0.496 e. The van der Waals surface area contributed by atoms with Crippen LogP contribution in [-0.4, -0.2) is 47.3 Å². The van der Waals surface area contributed by atoms with Crippen LogP contribution in [0.3, 0.4) is 0 Å². The Morgan fingerprint density at radius 1 is 1.21 bits per heavy atom. The summed E-state index contributed by atoms with van der Waals surface area (Å²) in [6, 6.07) is 5.85. The number of ether oxygens (including phenoxy) is 1. The standard InChI is InChI=1S/C27H40N4OS/c1-9-10-20(13-14-31(6)7)21-11-12-22(23(16-21)32-8)25(29)33-24(28)15-19-17-26(2,3)30-27(4,5)18-19/h9-14,16,19,28-30H,1,15,17-18H2,2-8H3/b14-13-,20-10+,28-24?,29-25?. The highest BCUT2D eigenvalue weighted by molar-refractivity contribution is 8.26. The molecule has 6 heteroatoms. The Morgan fingerprint density at radius 2 is 1.85 bits per heavy atom. The van der Waals surface area contributed by atoms with Gasteiger partial charge < -0.3 is 15.0 Å². The van der Waals surface area contributed by atoms with Crippen molar-refractivity contribution in [2.45, 2.75) is 58.0 Å². The summed E-state index contributed by atoms with van der Waals surface area (Å²) in [7, 11) is 5.58. The van der Waals surface area contributed by atoms with E-state index in [0.29, 0.717) is 33.7 Å². The average Bonchev–Trinajstić information content (AvgIpc) is 2.67. The number of allylic oxidation sites excluding steroid dienone is 4. The van der Waals surface area contributed by atoms with E-state index in [9.17, 15) is 0 Å². The van der Waals surface area contributed by atoms with Crippen LogP contribution in [0.15, 0.2) is 49.2 Å². The van der Waals surface area contributed by atoms with Gasteiger partial charge in [0, 0.05) is 30.7 Å². The molecule has 180 valence electrons. The molecular formula is C27H40N4OS. The van der Waals surface area contributed by atoms with Gasteiger partial charge in [-0.2, -0.15) is 0 Å². The number of rotatable bonds is 8. The zero-order valence-electron chi connectivity index (χ0n) is 21.2. The summed E-state index contributed by atoms with van der Waals surface area (Å²) in [5.74, 6) is 1.07.